The van der Waals surface area contributed by atoms with Crippen molar-refractivity contribution in [3.05, 3.63) is 107 Å². The summed E-state index contributed by atoms with van der Waals surface area (Å²) in [4.78, 5) is 25.5. The molecule has 2 atom stereocenters. The summed E-state index contributed by atoms with van der Waals surface area (Å²) in [6, 6.07) is 25.9. The number of ketones is 1. The lowest BCUT2D eigenvalue weighted by Gasteiger charge is -2.23. The molecular weight excluding hydrogens is 312 g/mol. The van der Waals surface area contributed by atoms with E-state index in [9.17, 15) is 9.59 Å². The van der Waals surface area contributed by atoms with Gasteiger partial charge in [-0.2, -0.15) is 0 Å². The van der Waals surface area contributed by atoms with E-state index in [0.29, 0.717) is 11.1 Å². The molecule has 2 unspecified atom stereocenters. The number of esters is 1. The van der Waals surface area contributed by atoms with Crippen molar-refractivity contribution in [2.75, 3.05) is 0 Å². The molecule has 1 heterocycles. The van der Waals surface area contributed by atoms with Gasteiger partial charge in [0.05, 0.1) is 11.5 Å². The SMILES string of the molecule is O=C1OC(C(C(=O)c2ccccc2)c2ccccc2)c2ccccc21. The quantitative estimate of drug-likeness (QED) is 0.521. The number of benzene rings is 3. The fourth-order valence-electron chi connectivity index (χ4n) is 3.33. The van der Waals surface area contributed by atoms with E-state index in [4.69, 9.17) is 4.74 Å². The van der Waals surface area contributed by atoms with Crippen LogP contribution in [0.2, 0.25) is 0 Å². The van der Waals surface area contributed by atoms with E-state index < -0.39 is 12.0 Å². The van der Waals surface area contributed by atoms with E-state index in [2.05, 4.69) is 0 Å². The number of fused-ring (bicyclic) bond motifs is 1. The lowest BCUT2D eigenvalue weighted by atomic mass is 9.83. The molecule has 0 spiro atoms. The molecule has 0 aliphatic carbocycles. The zero-order valence-electron chi connectivity index (χ0n) is 13.5. The minimum absolute atomic E-state index is 0.0543. The average molecular weight is 328 g/mol. The molecule has 3 aromatic rings. The van der Waals surface area contributed by atoms with Gasteiger partial charge in [0, 0.05) is 11.1 Å². The minimum atomic E-state index is -0.612. The fraction of sp³-hybridized carbons (Fsp3) is 0.0909. The molecule has 3 nitrogen and oxygen atoms in total. The number of cyclic esters (lactones) is 1. The van der Waals surface area contributed by atoms with Crippen molar-refractivity contribution >= 4 is 11.8 Å². The van der Waals surface area contributed by atoms with Crippen LogP contribution < -0.4 is 0 Å². The molecule has 0 saturated carbocycles. The van der Waals surface area contributed by atoms with Crippen molar-refractivity contribution in [3.8, 4) is 0 Å². The third kappa shape index (κ3) is 2.74. The van der Waals surface area contributed by atoms with Gasteiger partial charge in [0.1, 0.15) is 6.10 Å². The molecule has 0 radical (unpaired) electrons. The van der Waals surface area contributed by atoms with Crippen LogP contribution in [0.3, 0.4) is 0 Å². The highest BCUT2D eigenvalue weighted by Gasteiger charge is 2.40. The van der Waals surface area contributed by atoms with Crippen molar-refractivity contribution in [2.45, 2.75) is 12.0 Å². The first-order valence-electron chi connectivity index (χ1n) is 8.20. The smallest absolute Gasteiger partial charge is 0.339 e. The number of rotatable bonds is 4. The van der Waals surface area contributed by atoms with E-state index in [1.54, 1.807) is 24.3 Å². The normalized spacial score (nSPS) is 16.8. The predicted molar refractivity (Wildman–Crippen MR) is 94.6 cm³/mol. The number of hydrogen-bond donors (Lipinski definition) is 0. The lowest BCUT2D eigenvalue weighted by Crippen LogP contribution is -2.21. The van der Waals surface area contributed by atoms with E-state index in [1.807, 2.05) is 60.7 Å². The van der Waals surface area contributed by atoms with Crippen LogP contribution >= 0.6 is 0 Å². The average Bonchev–Trinajstić information content (AvgIpc) is 3.00. The number of Topliss-reactive ketones (excluding diaryl/α,β-unsaturated/α-hetero) is 1. The Morgan fingerprint density at radius 2 is 1.40 bits per heavy atom. The Morgan fingerprint density at radius 3 is 2.12 bits per heavy atom. The third-order valence-electron chi connectivity index (χ3n) is 4.52. The second-order valence-electron chi connectivity index (χ2n) is 6.03. The highest BCUT2D eigenvalue weighted by atomic mass is 16.5. The monoisotopic (exact) mass is 328 g/mol. The van der Waals surface area contributed by atoms with Crippen molar-refractivity contribution in [2.24, 2.45) is 0 Å². The van der Waals surface area contributed by atoms with Crippen LogP contribution in [-0.4, -0.2) is 11.8 Å². The van der Waals surface area contributed by atoms with Crippen LogP contribution in [-0.2, 0) is 4.74 Å². The van der Waals surface area contributed by atoms with Crippen LogP contribution in [0, 0.1) is 0 Å². The molecule has 1 aliphatic rings. The molecule has 0 saturated heterocycles. The van der Waals surface area contributed by atoms with Crippen molar-refractivity contribution in [3.63, 3.8) is 0 Å². The van der Waals surface area contributed by atoms with E-state index in [-0.39, 0.29) is 11.8 Å². The number of carbonyl (C=O) groups is 2. The lowest BCUT2D eigenvalue weighted by molar-refractivity contribution is 0.0322. The Kier molecular flexibility index (Phi) is 3.90. The van der Waals surface area contributed by atoms with Crippen LogP contribution in [0.1, 0.15) is 43.9 Å². The molecule has 0 fully saturated rings. The number of carbonyl (C=O) groups excluding carboxylic acids is 2. The summed E-state index contributed by atoms with van der Waals surface area (Å²) in [5, 5.41) is 0. The van der Waals surface area contributed by atoms with Crippen molar-refractivity contribution in [1.82, 2.24) is 0 Å². The molecule has 0 bridgehead atoms. The van der Waals surface area contributed by atoms with Crippen LogP contribution in [0.4, 0.5) is 0 Å². The zero-order chi connectivity index (χ0) is 17.2. The van der Waals surface area contributed by atoms with Gasteiger partial charge < -0.3 is 4.74 Å². The fourth-order valence-corrected chi connectivity index (χ4v) is 3.33. The first kappa shape index (κ1) is 15.3. The molecule has 3 aromatic carbocycles. The largest absolute Gasteiger partial charge is 0.453 e. The summed E-state index contributed by atoms with van der Waals surface area (Å²) in [6.45, 7) is 0. The molecule has 0 aromatic heterocycles. The molecule has 122 valence electrons. The van der Waals surface area contributed by atoms with Crippen LogP contribution in [0.15, 0.2) is 84.9 Å². The van der Waals surface area contributed by atoms with Gasteiger partial charge in [-0.25, -0.2) is 4.79 Å². The summed E-state index contributed by atoms with van der Waals surface area (Å²) >= 11 is 0. The van der Waals surface area contributed by atoms with Gasteiger partial charge in [-0.05, 0) is 11.6 Å². The first-order valence-corrected chi connectivity index (χ1v) is 8.20. The second kappa shape index (κ2) is 6.36. The first-order chi connectivity index (χ1) is 12.3. The van der Waals surface area contributed by atoms with Crippen LogP contribution in [0.5, 0.6) is 0 Å². The maximum Gasteiger partial charge on any atom is 0.339 e. The molecule has 3 heteroatoms. The van der Waals surface area contributed by atoms with Gasteiger partial charge in [-0.15, -0.1) is 0 Å². The Bertz CT molecular complexity index is 916. The van der Waals surface area contributed by atoms with E-state index >= 15 is 0 Å². The Balaban J connectivity index is 1.83. The second-order valence-corrected chi connectivity index (χ2v) is 6.03. The van der Waals surface area contributed by atoms with Crippen molar-refractivity contribution in [1.29, 1.82) is 0 Å². The Hall–Kier alpha value is -3.20. The number of hydrogen-bond acceptors (Lipinski definition) is 3. The molecule has 25 heavy (non-hydrogen) atoms. The molecule has 4 rings (SSSR count). The van der Waals surface area contributed by atoms with Gasteiger partial charge >= 0.3 is 5.97 Å². The Morgan fingerprint density at radius 1 is 0.800 bits per heavy atom. The molecular formula is C22H16O3. The van der Waals surface area contributed by atoms with Gasteiger partial charge in [-0.3, -0.25) is 4.79 Å². The minimum Gasteiger partial charge on any atom is -0.453 e. The van der Waals surface area contributed by atoms with Gasteiger partial charge in [0.25, 0.3) is 0 Å². The summed E-state index contributed by atoms with van der Waals surface area (Å²) in [7, 11) is 0. The maximum absolute atomic E-state index is 13.3. The summed E-state index contributed by atoms with van der Waals surface area (Å²) in [5.74, 6) is -1.00. The maximum atomic E-state index is 13.3. The molecule has 1 aliphatic heterocycles. The van der Waals surface area contributed by atoms with E-state index in [1.165, 1.54) is 0 Å². The van der Waals surface area contributed by atoms with Gasteiger partial charge in [-0.1, -0.05) is 78.9 Å². The number of ether oxygens (including phenoxy) is 1. The highest BCUT2D eigenvalue weighted by Crippen LogP contribution is 2.42. The van der Waals surface area contributed by atoms with Gasteiger partial charge in [0.15, 0.2) is 5.78 Å². The zero-order valence-corrected chi connectivity index (χ0v) is 13.5. The molecule has 0 N–H and O–H groups in total. The topological polar surface area (TPSA) is 43.4 Å². The van der Waals surface area contributed by atoms with Gasteiger partial charge in [0.2, 0.25) is 0 Å². The van der Waals surface area contributed by atoms with E-state index in [0.717, 1.165) is 11.1 Å². The highest BCUT2D eigenvalue weighted by molar-refractivity contribution is 6.03. The standard InChI is InChI=1S/C22H16O3/c23-20(16-11-5-2-6-12-16)19(15-9-3-1-4-10-15)21-17-13-7-8-14-18(17)22(24)25-21/h1-14,19,21H. The summed E-state index contributed by atoms with van der Waals surface area (Å²) in [6.07, 6.45) is -0.612. The predicted octanol–water partition coefficient (Wildman–Crippen LogP) is 4.56. The Labute approximate surface area is 145 Å². The third-order valence-corrected chi connectivity index (χ3v) is 4.52. The van der Waals surface area contributed by atoms with Crippen molar-refractivity contribution < 1.29 is 14.3 Å². The van der Waals surface area contributed by atoms with Crippen LogP contribution in [0.25, 0.3) is 0 Å². The summed E-state index contributed by atoms with van der Waals surface area (Å²) < 4.78 is 5.63. The summed E-state index contributed by atoms with van der Waals surface area (Å²) in [5.41, 5.74) is 2.75. The molecule has 0 amide bonds.